The molecule has 1 saturated carbocycles. The van der Waals surface area contributed by atoms with Crippen LogP contribution < -0.4 is 0 Å². The Balaban J connectivity index is 1.90. The van der Waals surface area contributed by atoms with E-state index in [9.17, 15) is 8.78 Å². The molecule has 0 unspecified atom stereocenters. The SMILES string of the molecule is C=CC[C@H]1CC[C@H](CCc2ccc(F)c(C#N)c2F)CC1. The molecule has 1 aromatic carbocycles. The van der Waals surface area contributed by atoms with Gasteiger partial charge in [0.15, 0.2) is 0 Å². The van der Waals surface area contributed by atoms with Gasteiger partial charge in [-0.2, -0.15) is 5.26 Å². The minimum atomic E-state index is -0.774. The number of nitriles is 1. The van der Waals surface area contributed by atoms with Crippen LogP contribution >= 0.6 is 0 Å². The molecule has 0 aliphatic heterocycles. The van der Waals surface area contributed by atoms with Gasteiger partial charge in [0.05, 0.1) is 0 Å². The van der Waals surface area contributed by atoms with Gasteiger partial charge < -0.3 is 0 Å². The van der Waals surface area contributed by atoms with Crippen molar-refractivity contribution in [2.24, 2.45) is 11.8 Å². The van der Waals surface area contributed by atoms with Crippen LogP contribution in [0.3, 0.4) is 0 Å². The zero-order valence-corrected chi connectivity index (χ0v) is 12.2. The van der Waals surface area contributed by atoms with Gasteiger partial charge in [-0.05, 0) is 55.6 Å². The molecule has 3 heteroatoms. The van der Waals surface area contributed by atoms with Crippen molar-refractivity contribution in [3.63, 3.8) is 0 Å². The second kappa shape index (κ2) is 7.36. The normalized spacial score (nSPS) is 21.8. The second-order valence-corrected chi connectivity index (χ2v) is 5.96. The monoisotopic (exact) mass is 289 g/mol. The molecular weight excluding hydrogens is 268 g/mol. The Morgan fingerprint density at radius 2 is 1.86 bits per heavy atom. The second-order valence-electron chi connectivity index (χ2n) is 5.96. The fraction of sp³-hybridized carbons (Fsp3) is 0.500. The predicted octanol–water partition coefficient (Wildman–Crippen LogP) is 5.15. The third-order valence-electron chi connectivity index (χ3n) is 4.57. The van der Waals surface area contributed by atoms with Crippen LogP contribution in [0.4, 0.5) is 8.78 Å². The highest BCUT2D eigenvalue weighted by atomic mass is 19.1. The van der Waals surface area contributed by atoms with E-state index < -0.39 is 17.2 Å². The smallest absolute Gasteiger partial charge is 0.147 e. The van der Waals surface area contributed by atoms with Gasteiger partial charge in [0.1, 0.15) is 23.3 Å². The highest BCUT2D eigenvalue weighted by Crippen LogP contribution is 2.33. The fourth-order valence-electron chi connectivity index (χ4n) is 3.24. The lowest BCUT2D eigenvalue weighted by Gasteiger charge is -2.27. The molecular formula is C18H21F2N. The summed E-state index contributed by atoms with van der Waals surface area (Å²) in [7, 11) is 0. The Labute approximate surface area is 125 Å². The van der Waals surface area contributed by atoms with Crippen molar-refractivity contribution in [2.75, 3.05) is 0 Å². The maximum Gasteiger partial charge on any atom is 0.147 e. The summed E-state index contributed by atoms with van der Waals surface area (Å²) in [5.74, 6) is -0.0888. The number of benzene rings is 1. The van der Waals surface area contributed by atoms with Crippen molar-refractivity contribution in [1.29, 1.82) is 5.26 Å². The van der Waals surface area contributed by atoms with E-state index in [2.05, 4.69) is 6.58 Å². The number of rotatable bonds is 5. The molecule has 1 aromatic rings. The third kappa shape index (κ3) is 3.91. The van der Waals surface area contributed by atoms with Crippen LogP contribution in [0.2, 0.25) is 0 Å². The van der Waals surface area contributed by atoms with E-state index in [1.165, 1.54) is 37.8 Å². The van der Waals surface area contributed by atoms with Gasteiger partial charge in [-0.3, -0.25) is 0 Å². The number of allylic oxidation sites excluding steroid dienone is 1. The summed E-state index contributed by atoms with van der Waals surface area (Å²) in [5, 5.41) is 8.78. The molecule has 0 aromatic heterocycles. The van der Waals surface area contributed by atoms with E-state index in [1.807, 2.05) is 6.08 Å². The van der Waals surface area contributed by atoms with Crippen LogP contribution in [0, 0.1) is 34.8 Å². The Kier molecular flexibility index (Phi) is 5.50. The van der Waals surface area contributed by atoms with E-state index in [0.717, 1.165) is 18.8 Å². The van der Waals surface area contributed by atoms with Gasteiger partial charge in [0, 0.05) is 0 Å². The van der Waals surface area contributed by atoms with Crippen LogP contribution in [0.15, 0.2) is 24.8 Å². The largest absolute Gasteiger partial charge is 0.205 e. The molecule has 1 nitrogen and oxygen atoms in total. The summed E-state index contributed by atoms with van der Waals surface area (Å²) in [6.45, 7) is 3.78. The lowest BCUT2D eigenvalue weighted by Crippen LogP contribution is -2.15. The van der Waals surface area contributed by atoms with Gasteiger partial charge in [0.2, 0.25) is 0 Å². The molecule has 1 fully saturated rings. The number of hydrogen-bond donors (Lipinski definition) is 0. The van der Waals surface area contributed by atoms with Crippen LogP contribution in [-0.4, -0.2) is 0 Å². The highest BCUT2D eigenvalue weighted by molar-refractivity contribution is 5.36. The summed E-state index contributed by atoms with van der Waals surface area (Å²) in [6.07, 6.45) is 9.34. The molecule has 0 N–H and O–H groups in total. The Bertz CT molecular complexity index is 537. The van der Waals surface area contributed by atoms with Gasteiger partial charge in [-0.15, -0.1) is 6.58 Å². The zero-order chi connectivity index (χ0) is 15.2. The first-order valence-corrected chi connectivity index (χ1v) is 7.63. The molecule has 1 aliphatic carbocycles. The standard InChI is InChI=1S/C18H21F2N/c1-2-3-13-4-6-14(7-5-13)8-9-15-10-11-17(19)16(12-21)18(15)20/h2,10-11,13-14H,1,3-9H2/t13-,14-. The molecule has 21 heavy (non-hydrogen) atoms. The van der Waals surface area contributed by atoms with Crippen LogP contribution in [0.25, 0.3) is 0 Å². The Morgan fingerprint density at radius 3 is 2.48 bits per heavy atom. The van der Waals surface area contributed by atoms with Crippen molar-refractivity contribution in [3.05, 3.63) is 47.5 Å². The molecule has 0 amide bonds. The van der Waals surface area contributed by atoms with Gasteiger partial charge >= 0.3 is 0 Å². The molecule has 0 spiro atoms. The molecule has 112 valence electrons. The number of aryl methyl sites for hydroxylation is 1. The Morgan fingerprint density at radius 1 is 1.19 bits per heavy atom. The van der Waals surface area contributed by atoms with Crippen molar-refractivity contribution in [3.8, 4) is 6.07 Å². The molecule has 0 radical (unpaired) electrons. The fourth-order valence-corrected chi connectivity index (χ4v) is 3.24. The lowest BCUT2D eigenvalue weighted by atomic mass is 9.78. The molecule has 2 rings (SSSR count). The summed E-state index contributed by atoms with van der Waals surface area (Å²) in [5.41, 5.74) is 0.00311. The third-order valence-corrected chi connectivity index (χ3v) is 4.57. The lowest BCUT2D eigenvalue weighted by molar-refractivity contribution is 0.264. The van der Waals surface area contributed by atoms with Crippen LogP contribution in [-0.2, 0) is 6.42 Å². The van der Waals surface area contributed by atoms with E-state index >= 15 is 0 Å². The summed E-state index contributed by atoms with van der Waals surface area (Å²) >= 11 is 0. The van der Waals surface area contributed by atoms with E-state index in [1.54, 1.807) is 6.07 Å². The molecule has 0 saturated heterocycles. The Hall–Kier alpha value is -1.69. The van der Waals surface area contributed by atoms with Crippen molar-refractivity contribution >= 4 is 0 Å². The molecule has 0 heterocycles. The van der Waals surface area contributed by atoms with Crippen LogP contribution in [0.5, 0.6) is 0 Å². The summed E-state index contributed by atoms with van der Waals surface area (Å²) in [4.78, 5) is 0. The van der Waals surface area contributed by atoms with Crippen molar-refractivity contribution in [1.82, 2.24) is 0 Å². The van der Waals surface area contributed by atoms with Crippen LogP contribution in [0.1, 0.15) is 49.7 Å². The minimum Gasteiger partial charge on any atom is -0.205 e. The van der Waals surface area contributed by atoms with Gasteiger partial charge in [0.25, 0.3) is 0 Å². The molecule has 1 aliphatic rings. The number of hydrogen-bond acceptors (Lipinski definition) is 1. The van der Waals surface area contributed by atoms with Gasteiger partial charge in [-0.25, -0.2) is 8.78 Å². The predicted molar refractivity (Wildman–Crippen MR) is 79.7 cm³/mol. The van der Waals surface area contributed by atoms with E-state index in [4.69, 9.17) is 5.26 Å². The first-order chi connectivity index (χ1) is 10.2. The molecule has 0 bridgehead atoms. The van der Waals surface area contributed by atoms with Crippen molar-refractivity contribution < 1.29 is 8.78 Å². The van der Waals surface area contributed by atoms with Crippen molar-refractivity contribution in [2.45, 2.75) is 44.9 Å². The minimum absolute atomic E-state index is 0.456. The van der Waals surface area contributed by atoms with Gasteiger partial charge in [-0.1, -0.05) is 25.0 Å². The average molecular weight is 289 g/mol. The number of nitrogens with zero attached hydrogens (tertiary/aromatic N) is 1. The first-order valence-electron chi connectivity index (χ1n) is 7.63. The highest BCUT2D eigenvalue weighted by Gasteiger charge is 2.21. The van der Waals surface area contributed by atoms with E-state index in [-0.39, 0.29) is 0 Å². The number of halogens is 2. The van der Waals surface area contributed by atoms with E-state index in [0.29, 0.717) is 17.9 Å². The zero-order valence-electron chi connectivity index (χ0n) is 12.2. The molecule has 0 atom stereocenters. The quantitative estimate of drug-likeness (QED) is 0.687. The topological polar surface area (TPSA) is 23.8 Å². The first kappa shape index (κ1) is 15.7. The summed E-state index contributed by atoms with van der Waals surface area (Å²) in [6, 6.07) is 4.26. The maximum atomic E-state index is 14.0. The average Bonchev–Trinajstić information content (AvgIpc) is 2.49. The maximum absolute atomic E-state index is 14.0. The summed E-state index contributed by atoms with van der Waals surface area (Å²) < 4.78 is 27.2.